The van der Waals surface area contributed by atoms with E-state index in [1.54, 1.807) is 0 Å². The summed E-state index contributed by atoms with van der Waals surface area (Å²) in [5.41, 5.74) is 2.44. The van der Waals surface area contributed by atoms with Gasteiger partial charge in [0.25, 0.3) is 0 Å². The molecule has 1 aliphatic rings. The molecule has 1 aromatic carbocycles. The zero-order valence-electron chi connectivity index (χ0n) is 10.7. The number of rotatable bonds is 3. The van der Waals surface area contributed by atoms with Gasteiger partial charge in [0.05, 0.1) is 0 Å². The fourth-order valence-electron chi connectivity index (χ4n) is 2.35. The Balaban J connectivity index is 1.85. The molecule has 1 N–H and O–H groups in total. The van der Waals surface area contributed by atoms with E-state index >= 15 is 0 Å². The number of anilines is 1. The first-order valence-corrected chi connectivity index (χ1v) is 6.71. The summed E-state index contributed by atoms with van der Waals surface area (Å²) < 4.78 is 0. The number of hydrogen-bond donors (Lipinski definition) is 1. The van der Waals surface area contributed by atoms with E-state index < -0.39 is 0 Å². The van der Waals surface area contributed by atoms with Crippen LogP contribution in [0.1, 0.15) is 18.4 Å². The quantitative estimate of drug-likeness (QED) is 0.887. The van der Waals surface area contributed by atoms with Crippen molar-refractivity contribution in [2.45, 2.75) is 19.8 Å². The van der Waals surface area contributed by atoms with Gasteiger partial charge >= 0.3 is 0 Å². The summed E-state index contributed by atoms with van der Waals surface area (Å²) in [6.45, 7) is 5.64. The lowest BCUT2D eigenvalue weighted by molar-refractivity contribution is 0.226. The normalized spacial score (nSPS) is 18.3. The Hall–Kier alpha value is -0.730. The Morgan fingerprint density at radius 2 is 2.06 bits per heavy atom. The van der Waals surface area contributed by atoms with Crippen LogP contribution in [-0.4, -0.2) is 31.6 Å². The molecular weight excluding hydrogens is 232 g/mol. The smallest absolute Gasteiger partial charge is 0.0410 e. The van der Waals surface area contributed by atoms with E-state index in [0.29, 0.717) is 0 Å². The fraction of sp³-hybridized carbons (Fsp3) is 0.571. The van der Waals surface area contributed by atoms with Crippen LogP contribution in [0.25, 0.3) is 0 Å². The highest BCUT2D eigenvalue weighted by atomic mass is 35.5. The van der Waals surface area contributed by atoms with Gasteiger partial charge in [0.15, 0.2) is 0 Å². The number of likely N-dealkylation sites (tertiary alicyclic amines) is 1. The van der Waals surface area contributed by atoms with E-state index in [-0.39, 0.29) is 0 Å². The molecule has 2 rings (SSSR count). The Morgan fingerprint density at radius 1 is 1.35 bits per heavy atom. The van der Waals surface area contributed by atoms with Gasteiger partial charge in [-0.25, -0.2) is 0 Å². The van der Waals surface area contributed by atoms with Crippen molar-refractivity contribution < 1.29 is 0 Å². The predicted octanol–water partition coefficient (Wildman–Crippen LogP) is 3.40. The molecule has 0 saturated carbocycles. The van der Waals surface area contributed by atoms with Crippen molar-refractivity contribution >= 4 is 17.3 Å². The molecule has 94 valence electrons. The van der Waals surface area contributed by atoms with Crippen LogP contribution in [0.3, 0.4) is 0 Å². The third kappa shape index (κ3) is 3.62. The van der Waals surface area contributed by atoms with Gasteiger partial charge in [0, 0.05) is 17.3 Å². The molecule has 1 fully saturated rings. The molecule has 17 heavy (non-hydrogen) atoms. The molecule has 3 heteroatoms. The van der Waals surface area contributed by atoms with Crippen LogP contribution < -0.4 is 5.32 Å². The molecule has 0 unspecified atom stereocenters. The molecule has 0 spiro atoms. The minimum atomic E-state index is 0.807. The van der Waals surface area contributed by atoms with Crippen LogP contribution in [0.2, 0.25) is 5.02 Å². The second-order valence-corrected chi connectivity index (χ2v) is 5.52. The Kier molecular flexibility index (Phi) is 4.30. The minimum Gasteiger partial charge on any atom is -0.385 e. The maximum absolute atomic E-state index is 5.95. The Morgan fingerprint density at radius 3 is 2.71 bits per heavy atom. The third-order valence-electron chi connectivity index (χ3n) is 3.61. The first-order chi connectivity index (χ1) is 8.15. The SMILES string of the molecule is Cc1cc(Cl)ccc1NCC1CCN(C)CC1. The van der Waals surface area contributed by atoms with Crippen molar-refractivity contribution in [3.63, 3.8) is 0 Å². The minimum absolute atomic E-state index is 0.807. The van der Waals surface area contributed by atoms with Crippen molar-refractivity contribution in [1.82, 2.24) is 4.90 Å². The molecule has 0 bridgehead atoms. The number of aryl methyl sites for hydroxylation is 1. The number of halogens is 1. The predicted molar refractivity (Wildman–Crippen MR) is 74.9 cm³/mol. The molecule has 0 amide bonds. The van der Waals surface area contributed by atoms with Crippen LogP contribution in [0.15, 0.2) is 18.2 Å². The van der Waals surface area contributed by atoms with Crippen molar-refractivity contribution in [3.05, 3.63) is 28.8 Å². The van der Waals surface area contributed by atoms with E-state index in [9.17, 15) is 0 Å². The van der Waals surface area contributed by atoms with Crippen LogP contribution in [0.5, 0.6) is 0 Å². The van der Waals surface area contributed by atoms with Crippen molar-refractivity contribution in [1.29, 1.82) is 0 Å². The summed E-state index contributed by atoms with van der Waals surface area (Å²) in [5.74, 6) is 0.807. The Labute approximate surface area is 109 Å². The Bertz CT molecular complexity index is 370. The monoisotopic (exact) mass is 252 g/mol. The third-order valence-corrected chi connectivity index (χ3v) is 3.84. The number of nitrogens with one attached hydrogen (secondary N) is 1. The second kappa shape index (κ2) is 5.74. The van der Waals surface area contributed by atoms with Gasteiger partial charge in [-0.1, -0.05) is 11.6 Å². The summed E-state index contributed by atoms with van der Waals surface area (Å²) in [7, 11) is 2.20. The molecule has 2 nitrogen and oxygen atoms in total. The van der Waals surface area contributed by atoms with E-state index in [2.05, 4.69) is 30.3 Å². The average Bonchev–Trinajstić information content (AvgIpc) is 2.30. The molecule has 1 heterocycles. The zero-order valence-corrected chi connectivity index (χ0v) is 11.4. The summed E-state index contributed by atoms with van der Waals surface area (Å²) in [6.07, 6.45) is 2.60. The van der Waals surface area contributed by atoms with Gasteiger partial charge in [-0.3, -0.25) is 0 Å². The highest BCUT2D eigenvalue weighted by molar-refractivity contribution is 6.30. The van der Waals surface area contributed by atoms with Crippen LogP contribution >= 0.6 is 11.6 Å². The van der Waals surface area contributed by atoms with Crippen LogP contribution in [0.4, 0.5) is 5.69 Å². The first-order valence-electron chi connectivity index (χ1n) is 6.33. The van der Waals surface area contributed by atoms with E-state index in [1.807, 2.05) is 12.1 Å². The summed E-state index contributed by atoms with van der Waals surface area (Å²) in [6, 6.07) is 6.04. The van der Waals surface area contributed by atoms with Gasteiger partial charge in [-0.15, -0.1) is 0 Å². The molecule has 1 aromatic rings. The standard InChI is InChI=1S/C14H21ClN2/c1-11-9-13(15)3-4-14(11)16-10-12-5-7-17(2)8-6-12/h3-4,9,12,16H,5-8,10H2,1-2H3. The highest BCUT2D eigenvalue weighted by Gasteiger charge is 2.16. The van der Waals surface area contributed by atoms with E-state index in [1.165, 1.54) is 37.2 Å². The second-order valence-electron chi connectivity index (χ2n) is 5.09. The zero-order chi connectivity index (χ0) is 12.3. The van der Waals surface area contributed by atoms with Crippen molar-refractivity contribution in [2.75, 3.05) is 32.0 Å². The topological polar surface area (TPSA) is 15.3 Å². The van der Waals surface area contributed by atoms with E-state index in [0.717, 1.165) is 17.5 Å². The maximum atomic E-state index is 5.95. The largest absolute Gasteiger partial charge is 0.385 e. The van der Waals surface area contributed by atoms with Gasteiger partial charge in [0.1, 0.15) is 0 Å². The lowest BCUT2D eigenvalue weighted by atomic mass is 9.97. The lowest BCUT2D eigenvalue weighted by Gasteiger charge is -2.29. The lowest BCUT2D eigenvalue weighted by Crippen LogP contribution is -2.33. The molecule has 0 aromatic heterocycles. The summed E-state index contributed by atoms with van der Waals surface area (Å²) in [5, 5.41) is 4.36. The number of piperidine rings is 1. The number of benzene rings is 1. The van der Waals surface area contributed by atoms with Crippen LogP contribution in [0, 0.1) is 12.8 Å². The van der Waals surface area contributed by atoms with E-state index in [4.69, 9.17) is 11.6 Å². The van der Waals surface area contributed by atoms with Crippen molar-refractivity contribution in [2.24, 2.45) is 5.92 Å². The number of nitrogens with zero attached hydrogens (tertiary/aromatic N) is 1. The molecule has 0 atom stereocenters. The van der Waals surface area contributed by atoms with Gasteiger partial charge in [-0.2, -0.15) is 0 Å². The van der Waals surface area contributed by atoms with Crippen molar-refractivity contribution in [3.8, 4) is 0 Å². The number of hydrogen-bond acceptors (Lipinski definition) is 2. The van der Waals surface area contributed by atoms with Gasteiger partial charge in [-0.05, 0) is 69.6 Å². The average molecular weight is 253 g/mol. The van der Waals surface area contributed by atoms with Gasteiger partial charge < -0.3 is 10.2 Å². The molecule has 1 saturated heterocycles. The molecule has 1 aliphatic heterocycles. The van der Waals surface area contributed by atoms with Gasteiger partial charge in [0.2, 0.25) is 0 Å². The molecule has 0 radical (unpaired) electrons. The maximum Gasteiger partial charge on any atom is 0.0410 e. The summed E-state index contributed by atoms with van der Waals surface area (Å²) >= 11 is 5.95. The summed E-state index contributed by atoms with van der Waals surface area (Å²) in [4.78, 5) is 2.41. The molecule has 0 aliphatic carbocycles. The van der Waals surface area contributed by atoms with Crippen LogP contribution in [-0.2, 0) is 0 Å². The molecular formula is C14H21ClN2. The highest BCUT2D eigenvalue weighted by Crippen LogP contribution is 2.21. The fourth-order valence-corrected chi connectivity index (χ4v) is 2.57. The first kappa shape index (κ1) is 12.7.